The largest absolute Gasteiger partial charge is 0.477 e. The number of rotatable bonds is 9. The van der Waals surface area contributed by atoms with Gasteiger partial charge in [-0.1, -0.05) is 72.8 Å². The van der Waals surface area contributed by atoms with Gasteiger partial charge in [-0.2, -0.15) is 0 Å². The molecule has 0 aliphatic heterocycles. The first-order valence-electron chi connectivity index (χ1n) is 11.2. The van der Waals surface area contributed by atoms with Gasteiger partial charge in [-0.05, 0) is 49.4 Å². The maximum Gasteiger partial charge on any atom is 0.352 e. The number of aryl methyl sites for hydroxylation is 2. The predicted octanol–water partition coefficient (Wildman–Crippen LogP) is 5.81. The quantitative estimate of drug-likeness (QED) is 0.355. The maximum absolute atomic E-state index is 12.4. The molecule has 0 spiro atoms. The van der Waals surface area contributed by atoms with E-state index in [0.29, 0.717) is 18.8 Å². The molecule has 4 aromatic rings. The Kier molecular flexibility index (Phi) is 6.72. The molecule has 0 bridgehead atoms. The molecule has 0 radical (unpaired) electrons. The van der Waals surface area contributed by atoms with Gasteiger partial charge in [-0.15, -0.1) is 0 Å². The van der Waals surface area contributed by atoms with Gasteiger partial charge in [0.1, 0.15) is 5.69 Å². The predicted molar refractivity (Wildman–Crippen MR) is 130 cm³/mol. The number of carbonyl (C=O) groups is 1. The van der Waals surface area contributed by atoms with E-state index < -0.39 is 5.97 Å². The van der Waals surface area contributed by atoms with Crippen LogP contribution in [0.3, 0.4) is 0 Å². The zero-order chi connectivity index (χ0) is 22.5. The van der Waals surface area contributed by atoms with Crippen molar-refractivity contribution in [3.63, 3.8) is 0 Å². The van der Waals surface area contributed by atoms with Crippen LogP contribution in [0.1, 0.15) is 46.1 Å². The lowest BCUT2D eigenvalue weighted by Crippen LogP contribution is -2.27. The van der Waals surface area contributed by atoms with E-state index in [1.807, 2.05) is 47.0 Å². The zero-order valence-corrected chi connectivity index (χ0v) is 18.7. The molecule has 4 heteroatoms. The second kappa shape index (κ2) is 9.84. The van der Waals surface area contributed by atoms with Crippen molar-refractivity contribution in [1.29, 1.82) is 0 Å². The van der Waals surface area contributed by atoms with Crippen LogP contribution >= 0.6 is 0 Å². The number of nitrogens with one attached hydrogen (secondary N) is 1. The Morgan fingerprint density at radius 2 is 1.66 bits per heavy atom. The molecule has 2 N–H and O–H groups in total. The van der Waals surface area contributed by atoms with Gasteiger partial charge < -0.3 is 15.0 Å². The average Bonchev–Trinajstić information content (AvgIpc) is 3.12. The van der Waals surface area contributed by atoms with E-state index in [2.05, 4.69) is 55.6 Å². The molecule has 32 heavy (non-hydrogen) atoms. The molecule has 1 heterocycles. The summed E-state index contributed by atoms with van der Waals surface area (Å²) in [6.07, 6.45) is 1.99. The standard InChI is InChI=1S/C28H30N2O2/c1-20-10-6-7-13-23(20)19-30-26-15-9-8-14-24(26)25(27(30)28(31)32)18-29-21(2)16-17-22-11-4-3-5-12-22/h3-15,21,29H,16-19H2,1-2H3,(H,31,32). The monoisotopic (exact) mass is 426 g/mol. The SMILES string of the molecule is Cc1ccccc1Cn1c(C(=O)O)c(CNC(C)CCc2ccccc2)c2ccccc21. The van der Waals surface area contributed by atoms with Crippen molar-refractivity contribution in [2.75, 3.05) is 0 Å². The average molecular weight is 427 g/mol. The number of carboxylic acids is 1. The molecular formula is C28H30N2O2. The second-order valence-electron chi connectivity index (χ2n) is 8.47. The second-order valence-corrected chi connectivity index (χ2v) is 8.47. The summed E-state index contributed by atoms with van der Waals surface area (Å²) in [6.45, 7) is 5.30. The molecule has 0 aliphatic rings. The highest BCUT2D eigenvalue weighted by Crippen LogP contribution is 2.28. The normalized spacial score (nSPS) is 12.2. The van der Waals surface area contributed by atoms with Crippen LogP contribution < -0.4 is 5.32 Å². The van der Waals surface area contributed by atoms with Crippen molar-refractivity contribution in [2.24, 2.45) is 0 Å². The number of hydrogen-bond acceptors (Lipinski definition) is 2. The maximum atomic E-state index is 12.4. The Balaban J connectivity index is 1.60. The van der Waals surface area contributed by atoms with Gasteiger partial charge in [0.2, 0.25) is 0 Å². The highest BCUT2D eigenvalue weighted by molar-refractivity contribution is 5.98. The Labute approximate surface area is 189 Å². The van der Waals surface area contributed by atoms with Crippen LogP contribution in [0.2, 0.25) is 0 Å². The van der Waals surface area contributed by atoms with Gasteiger partial charge in [-0.25, -0.2) is 4.79 Å². The first-order valence-corrected chi connectivity index (χ1v) is 11.2. The third-order valence-corrected chi connectivity index (χ3v) is 6.20. The minimum Gasteiger partial charge on any atom is -0.477 e. The number of fused-ring (bicyclic) bond motifs is 1. The van der Waals surface area contributed by atoms with Crippen LogP contribution in [0.4, 0.5) is 0 Å². The summed E-state index contributed by atoms with van der Waals surface area (Å²) < 4.78 is 1.95. The van der Waals surface area contributed by atoms with Gasteiger partial charge in [0.15, 0.2) is 0 Å². The number of hydrogen-bond donors (Lipinski definition) is 2. The smallest absolute Gasteiger partial charge is 0.352 e. The summed E-state index contributed by atoms with van der Waals surface area (Å²) in [7, 11) is 0. The third-order valence-electron chi connectivity index (χ3n) is 6.20. The van der Waals surface area contributed by atoms with E-state index in [1.54, 1.807) is 0 Å². The Morgan fingerprint density at radius 1 is 0.969 bits per heavy atom. The summed E-state index contributed by atoms with van der Waals surface area (Å²) >= 11 is 0. The van der Waals surface area contributed by atoms with Gasteiger partial charge in [0.25, 0.3) is 0 Å². The van der Waals surface area contributed by atoms with Gasteiger partial charge >= 0.3 is 5.97 Å². The molecular weight excluding hydrogens is 396 g/mol. The van der Waals surface area contributed by atoms with Crippen molar-refractivity contribution in [2.45, 2.75) is 45.8 Å². The van der Waals surface area contributed by atoms with Crippen LogP contribution in [0.15, 0.2) is 78.9 Å². The molecule has 0 saturated heterocycles. The van der Waals surface area contributed by atoms with Crippen LogP contribution in [0.5, 0.6) is 0 Å². The lowest BCUT2D eigenvalue weighted by molar-refractivity contribution is 0.0684. The molecule has 1 unspecified atom stereocenters. The van der Waals surface area contributed by atoms with Crippen molar-refractivity contribution >= 4 is 16.9 Å². The summed E-state index contributed by atoms with van der Waals surface area (Å²) in [6, 6.07) is 26.9. The number of aromatic nitrogens is 1. The fourth-order valence-corrected chi connectivity index (χ4v) is 4.33. The lowest BCUT2D eigenvalue weighted by Gasteiger charge is -2.15. The summed E-state index contributed by atoms with van der Waals surface area (Å²) in [5.41, 5.74) is 5.80. The summed E-state index contributed by atoms with van der Waals surface area (Å²) in [5, 5.41) is 14.7. The molecule has 0 aliphatic carbocycles. The van der Waals surface area contributed by atoms with E-state index in [4.69, 9.17) is 0 Å². The van der Waals surface area contributed by atoms with Crippen LogP contribution in [0.25, 0.3) is 10.9 Å². The molecule has 0 amide bonds. The minimum absolute atomic E-state index is 0.273. The summed E-state index contributed by atoms with van der Waals surface area (Å²) in [5.74, 6) is -0.886. The number of para-hydroxylation sites is 1. The molecule has 164 valence electrons. The van der Waals surface area contributed by atoms with Crippen molar-refractivity contribution in [3.05, 3.63) is 107 Å². The van der Waals surface area contributed by atoms with Crippen LogP contribution in [-0.2, 0) is 19.5 Å². The Bertz CT molecular complexity index is 1210. The highest BCUT2D eigenvalue weighted by Gasteiger charge is 2.22. The number of carboxylic acid groups (broad SMARTS) is 1. The summed E-state index contributed by atoms with van der Waals surface area (Å²) in [4.78, 5) is 12.4. The Morgan fingerprint density at radius 3 is 2.41 bits per heavy atom. The van der Waals surface area contributed by atoms with Crippen molar-refractivity contribution < 1.29 is 9.90 Å². The Hall–Kier alpha value is -3.37. The van der Waals surface area contributed by atoms with E-state index in [-0.39, 0.29) is 6.04 Å². The van der Waals surface area contributed by atoms with E-state index >= 15 is 0 Å². The van der Waals surface area contributed by atoms with E-state index in [0.717, 1.165) is 40.4 Å². The molecule has 4 nitrogen and oxygen atoms in total. The number of aromatic carboxylic acids is 1. The highest BCUT2D eigenvalue weighted by atomic mass is 16.4. The van der Waals surface area contributed by atoms with Crippen LogP contribution in [0, 0.1) is 6.92 Å². The van der Waals surface area contributed by atoms with Crippen molar-refractivity contribution in [1.82, 2.24) is 9.88 Å². The molecule has 1 aromatic heterocycles. The topological polar surface area (TPSA) is 54.3 Å². The van der Waals surface area contributed by atoms with Gasteiger partial charge in [0, 0.05) is 35.6 Å². The first-order chi connectivity index (χ1) is 15.5. The van der Waals surface area contributed by atoms with Crippen molar-refractivity contribution in [3.8, 4) is 0 Å². The third kappa shape index (κ3) is 4.76. The van der Waals surface area contributed by atoms with E-state index in [1.165, 1.54) is 5.56 Å². The fourth-order valence-electron chi connectivity index (χ4n) is 4.33. The molecule has 0 saturated carbocycles. The molecule has 4 rings (SSSR count). The molecule has 0 fully saturated rings. The van der Waals surface area contributed by atoms with Crippen LogP contribution in [-0.4, -0.2) is 21.7 Å². The fraction of sp³-hybridized carbons (Fsp3) is 0.250. The molecule has 3 aromatic carbocycles. The van der Waals surface area contributed by atoms with Gasteiger partial charge in [0.05, 0.1) is 0 Å². The number of benzene rings is 3. The van der Waals surface area contributed by atoms with Gasteiger partial charge in [-0.3, -0.25) is 0 Å². The number of nitrogens with zero attached hydrogens (tertiary/aromatic N) is 1. The zero-order valence-electron chi connectivity index (χ0n) is 18.7. The lowest BCUT2D eigenvalue weighted by atomic mass is 10.1. The first kappa shape index (κ1) is 21.8. The molecule has 1 atom stereocenters. The minimum atomic E-state index is -0.886. The van der Waals surface area contributed by atoms with E-state index in [9.17, 15) is 9.90 Å².